The number of aromatic nitrogens is 1. The van der Waals surface area contributed by atoms with Crippen LogP contribution in [0.4, 0.5) is 5.82 Å². The molecule has 0 aromatic carbocycles. The van der Waals surface area contributed by atoms with Crippen LogP contribution in [0.1, 0.15) is 52.9 Å². The van der Waals surface area contributed by atoms with Gasteiger partial charge in [0.15, 0.2) is 0 Å². The van der Waals surface area contributed by atoms with Crippen molar-refractivity contribution in [2.24, 2.45) is 5.92 Å². The Morgan fingerprint density at radius 1 is 1.26 bits per heavy atom. The number of nitrogens with zero attached hydrogens (tertiary/aromatic N) is 2. The molecule has 2 heterocycles. The van der Waals surface area contributed by atoms with Gasteiger partial charge in [-0.3, -0.25) is 0 Å². The van der Waals surface area contributed by atoms with Crippen LogP contribution in [-0.4, -0.2) is 32.5 Å². The summed E-state index contributed by atoms with van der Waals surface area (Å²) in [4.78, 5) is 6.91. The van der Waals surface area contributed by atoms with Crippen LogP contribution in [-0.2, 0) is 10.0 Å². The summed E-state index contributed by atoms with van der Waals surface area (Å²) < 4.78 is 27.5. The van der Waals surface area contributed by atoms with Crippen LogP contribution in [0, 0.1) is 5.92 Å². The third kappa shape index (κ3) is 4.91. The second-order valence-corrected chi connectivity index (χ2v) is 8.22. The lowest BCUT2D eigenvalue weighted by Gasteiger charge is -2.22. The highest BCUT2D eigenvalue weighted by Gasteiger charge is 2.20. The van der Waals surface area contributed by atoms with E-state index in [1.807, 2.05) is 19.9 Å². The summed E-state index contributed by atoms with van der Waals surface area (Å²) in [5.41, 5.74) is 0. The lowest BCUT2D eigenvalue weighted by Crippen LogP contribution is -2.34. The number of rotatable bonds is 6. The number of sulfonamides is 1. The normalized spacial score (nSPS) is 19.8. The van der Waals surface area contributed by atoms with E-state index >= 15 is 0 Å². The summed E-state index contributed by atoms with van der Waals surface area (Å²) in [6.45, 7) is 8.24. The van der Waals surface area contributed by atoms with E-state index in [2.05, 4.69) is 21.5 Å². The molecular formula is C17H29N3O2S. The topological polar surface area (TPSA) is 62.3 Å². The maximum Gasteiger partial charge on any atom is 0.242 e. The van der Waals surface area contributed by atoms with Gasteiger partial charge in [0.25, 0.3) is 0 Å². The third-order valence-corrected chi connectivity index (χ3v) is 6.18. The number of nitrogens with one attached hydrogen (secondary N) is 1. The van der Waals surface area contributed by atoms with Gasteiger partial charge in [-0.25, -0.2) is 18.1 Å². The highest BCUT2D eigenvalue weighted by Crippen LogP contribution is 2.22. The number of pyridine rings is 1. The van der Waals surface area contributed by atoms with Gasteiger partial charge in [0.2, 0.25) is 10.0 Å². The first-order valence-corrected chi connectivity index (χ1v) is 10.2. The molecule has 1 N–H and O–H groups in total. The first kappa shape index (κ1) is 18.2. The van der Waals surface area contributed by atoms with Crippen LogP contribution in [0.15, 0.2) is 23.2 Å². The van der Waals surface area contributed by atoms with Gasteiger partial charge in [-0.05, 0) is 50.2 Å². The zero-order valence-corrected chi connectivity index (χ0v) is 15.3. The third-order valence-electron chi connectivity index (χ3n) is 4.68. The molecule has 0 aliphatic carbocycles. The van der Waals surface area contributed by atoms with E-state index < -0.39 is 10.0 Å². The van der Waals surface area contributed by atoms with Crippen LogP contribution in [0.2, 0.25) is 0 Å². The smallest absolute Gasteiger partial charge is 0.242 e. The Balaban J connectivity index is 2.09. The average molecular weight is 340 g/mol. The van der Waals surface area contributed by atoms with Crippen molar-refractivity contribution in [2.75, 3.05) is 18.0 Å². The van der Waals surface area contributed by atoms with Crippen molar-refractivity contribution in [2.45, 2.75) is 63.8 Å². The molecule has 6 heteroatoms. The summed E-state index contributed by atoms with van der Waals surface area (Å²) in [6, 6.07) is 3.48. The maximum absolute atomic E-state index is 12.4. The molecule has 2 rings (SSSR count). The molecule has 0 bridgehead atoms. The monoisotopic (exact) mass is 339 g/mol. The molecule has 0 amide bonds. The van der Waals surface area contributed by atoms with Crippen LogP contribution >= 0.6 is 0 Å². The largest absolute Gasteiger partial charge is 0.357 e. The van der Waals surface area contributed by atoms with E-state index in [0.29, 0.717) is 0 Å². The van der Waals surface area contributed by atoms with Gasteiger partial charge >= 0.3 is 0 Å². The highest BCUT2D eigenvalue weighted by atomic mass is 32.2. The molecular weight excluding hydrogens is 310 g/mol. The van der Waals surface area contributed by atoms with Gasteiger partial charge < -0.3 is 4.90 Å². The summed E-state index contributed by atoms with van der Waals surface area (Å²) in [7, 11) is -3.48. The predicted octanol–water partition coefficient (Wildman–Crippen LogP) is 3.17. The summed E-state index contributed by atoms with van der Waals surface area (Å²) >= 11 is 0. The standard InChI is InChI=1S/C17H29N3O2S/c1-4-15(5-2)19-23(21,22)16-8-9-17(18-13-16)20-11-6-7-14(3)10-12-20/h8-9,13-15,19H,4-7,10-12H2,1-3H3. The van der Waals surface area contributed by atoms with Crippen molar-refractivity contribution >= 4 is 15.8 Å². The number of anilines is 1. The minimum atomic E-state index is -3.48. The zero-order chi connectivity index (χ0) is 16.9. The van der Waals surface area contributed by atoms with Gasteiger partial charge in [0.1, 0.15) is 10.7 Å². The number of hydrogen-bond donors (Lipinski definition) is 1. The Hall–Kier alpha value is -1.14. The Bertz CT molecular complexity index is 582. The molecule has 1 atom stereocenters. The Morgan fingerprint density at radius 3 is 2.61 bits per heavy atom. The molecule has 1 unspecified atom stereocenters. The molecule has 5 nitrogen and oxygen atoms in total. The Labute approximate surface area is 140 Å². The second kappa shape index (κ2) is 8.11. The van der Waals surface area contributed by atoms with Crippen molar-refractivity contribution < 1.29 is 8.42 Å². The fraction of sp³-hybridized carbons (Fsp3) is 0.706. The molecule has 130 valence electrons. The minimum Gasteiger partial charge on any atom is -0.357 e. The minimum absolute atomic E-state index is 0.0215. The fourth-order valence-corrected chi connectivity index (χ4v) is 4.30. The van der Waals surface area contributed by atoms with Crippen LogP contribution in [0.5, 0.6) is 0 Å². The van der Waals surface area contributed by atoms with Crippen molar-refractivity contribution in [3.63, 3.8) is 0 Å². The highest BCUT2D eigenvalue weighted by molar-refractivity contribution is 7.89. The molecule has 1 aliphatic heterocycles. The lowest BCUT2D eigenvalue weighted by molar-refractivity contribution is 0.521. The lowest BCUT2D eigenvalue weighted by atomic mass is 10.0. The molecule has 0 saturated carbocycles. The average Bonchev–Trinajstić information content (AvgIpc) is 2.77. The first-order chi connectivity index (χ1) is 11.0. The van der Waals surface area contributed by atoms with E-state index in [-0.39, 0.29) is 10.9 Å². The molecule has 1 aliphatic rings. The number of hydrogen-bond acceptors (Lipinski definition) is 4. The van der Waals surface area contributed by atoms with Gasteiger partial charge in [-0.2, -0.15) is 0 Å². The molecule has 0 radical (unpaired) electrons. The quantitative estimate of drug-likeness (QED) is 0.865. The van der Waals surface area contributed by atoms with Gasteiger partial charge in [-0.15, -0.1) is 0 Å². The SMILES string of the molecule is CCC(CC)NS(=O)(=O)c1ccc(N2CCCC(C)CC2)nc1. The van der Waals surface area contributed by atoms with E-state index in [1.54, 1.807) is 6.07 Å². The van der Waals surface area contributed by atoms with E-state index in [0.717, 1.165) is 44.1 Å². The summed E-state index contributed by atoms with van der Waals surface area (Å²) in [5, 5.41) is 0. The van der Waals surface area contributed by atoms with Gasteiger partial charge in [0.05, 0.1) is 0 Å². The van der Waals surface area contributed by atoms with Crippen LogP contribution < -0.4 is 9.62 Å². The summed E-state index contributed by atoms with van der Waals surface area (Å²) in [6.07, 6.45) is 6.63. The molecule has 0 spiro atoms. The Morgan fingerprint density at radius 2 is 2.00 bits per heavy atom. The maximum atomic E-state index is 12.4. The second-order valence-electron chi connectivity index (χ2n) is 6.51. The molecule has 1 fully saturated rings. The van der Waals surface area contributed by atoms with Crippen molar-refractivity contribution in [3.8, 4) is 0 Å². The predicted molar refractivity (Wildman–Crippen MR) is 94.2 cm³/mol. The Kier molecular flexibility index (Phi) is 6.41. The van der Waals surface area contributed by atoms with E-state index in [1.165, 1.54) is 19.0 Å². The summed E-state index contributed by atoms with van der Waals surface area (Å²) in [5.74, 6) is 1.63. The van der Waals surface area contributed by atoms with Crippen LogP contribution in [0.25, 0.3) is 0 Å². The molecule has 1 saturated heterocycles. The van der Waals surface area contributed by atoms with Crippen LogP contribution in [0.3, 0.4) is 0 Å². The fourth-order valence-electron chi connectivity index (χ4n) is 2.95. The van der Waals surface area contributed by atoms with E-state index in [9.17, 15) is 8.42 Å². The van der Waals surface area contributed by atoms with Gasteiger partial charge in [-0.1, -0.05) is 20.8 Å². The zero-order valence-electron chi connectivity index (χ0n) is 14.5. The molecule has 1 aromatic heterocycles. The molecule has 23 heavy (non-hydrogen) atoms. The van der Waals surface area contributed by atoms with Crippen molar-refractivity contribution in [3.05, 3.63) is 18.3 Å². The van der Waals surface area contributed by atoms with E-state index in [4.69, 9.17) is 0 Å². The van der Waals surface area contributed by atoms with Crippen molar-refractivity contribution in [1.82, 2.24) is 9.71 Å². The first-order valence-electron chi connectivity index (χ1n) is 8.69. The van der Waals surface area contributed by atoms with Gasteiger partial charge in [0, 0.05) is 25.3 Å². The molecule has 1 aromatic rings. The van der Waals surface area contributed by atoms with Crippen molar-refractivity contribution in [1.29, 1.82) is 0 Å².